The lowest BCUT2D eigenvalue weighted by Gasteiger charge is -2.57. The van der Waals surface area contributed by atoms with E-state index in [0.717, 1.165) is 67.5 Å². The van der Waals surface area contributed by atoms with Crippen molar-refractivity contribution in [2.45, 2.75) is 115 Å². The number of aliphatic hydroxyl groups excluding tert-OH is 1. The van der Waals surface area contributed by atoms with Gasteiger partial charge in [0, 0.05) is 23.1 Å². The highest BCUT2D eigenvalue weighted by atomic mass is 16.6. The first kappa shape index (κ1) is 32.1. The minimum atomic E-state index is -0.592. The van der Waals surface area contributed by atoms with Gasteiger partial charge >= 0.3 is 6.09 Å². The van der Waals surface area contributed by atoms with Gasteiger partial charge in [-0.1, -0.05) is 30.7 Å². The van der Waals surface area contributed by atoms with Crippen LogP contribution in [0.4, 0.5) is 4.79 Å². The summed E-state index contributed by atoms with van der Waals surface area (Å²) in [4.78, 5) is 30.4. The number of fused-ring (bicyclic) bond motifs is 8. The van der Waals surface area contributed by atoms with Crippen molar-refractivity contribution in [2.75, 3.05) is 20.2 Å². The fourth-order valence-electron chi connectivity index (χ4n) is 11.9. The second-order valence-electron chi connectivity index (χ2n) is 17.1. The number of hydrogen-bond donors (Lipinski definition) is 1. The van der Waals surface area contributed by atoms with Gasteiger partial charge in [-0.05, 0) is 161 Å². The molecule has 0 aromatic heterocycles. The molecule has 8 aliphatic rings. The minimum Gasteiger partial charge on any atom is -0.497 e. The number of allylic oxidation sites excluding steroid dienone is 2. The maximum atomic E-state index is 14.4. The minimum absolute atomic E-state index is 0.0120. The van der Waals surface area contributed by atoms with Crippen LogP contribution in [0.3, 0.4) is 0 Å². The quantitative estimate of drug-likeness (QED) is 0.259. The van der Waals surface area contributed by atoms with Crippen LogP contribution in [-0.2, 0) is 11.2 Å². The molecule has 2 aromatic rings. The fourth-order valence-corrected chi connectivity index (χ4v) is 11.9. The summed E-state index contributed by atoms with van der Waals surface area (Å²) < 4.78 is 12.1. The molecule has 1 N–H and O–H groups in total. The van der Waals surface area contributed by atoms with Gasteiger partial charge in [0.25, 0.3) is 0 Å². The molecule has 6 heteroatoms. The molecule has 1 spiro atoms. The van der Waals surface area contributed by atoms with E-state index in [4.69, 9.17) is 9.47 Å². The number of ketones is 1. The molecular formula is C42H53NO5. The predicted octanol–water partition coefficient (Wildman–Crippen LogP) is 8.64. The number of aliphatic hydroxyl groups is 1. The Kier molecular flexibility index (Phi) is 8.05. The zero-order valence-corrected chi connectivity index (χ0v) is 29.1. The Morgan fingerprint density at radius 2 is 1.71 bits per heavy atom. The summed E-state index contributed by atoms with van der Waals surface area (Å²) in [5.74, 6) is 3.29. The number of carbonyl (C=O) groups excluding carboxylic acids is 2. The fraction of sp³-hybridized carbons (Fsp3) is 0.619. The van der Waals surface area contributed by atoms with E-state index in [-0.39, 0.29) is 28.6 Å². The molecule has 4 atom stereocenters. The largest absolute Gasteiger partial charge is 0.497 e. The van der Waals surface area contributed by atoms with Crippen LogP contribution in [0.1, 0.15) is 124 Å². The molecule has 6 fully saturated rings. The second kappa shape index (κ2) is 12.0. The van der Waals surface area contributed by atoms with Crippen LogP contribution < -0.4 is 4.74 Å². The molecule has 1 amide bonds. The van der Waals surface area contributed by atoms with Gasteiger partial charge < -0.3 is 19.5 Å². The smallest absolute Gasteiger partial charge is 0.410 e. The summed E-state index contributed by atoms with van der Waals surface area (Å²) in [6.45, 7) is 6.01. The third kappa shape index (κ3) is 5.51. The Hall–Kier alpha value is -3.12. The van der Waals surface area contributed by atoms with Crippen molar-refractivity contribution in [2.24, 2.45) is 28.6 Å². The molecule has 6 nitrogen and oxygen atoms in total. The van der Waals surface area contributed by atoms with Gasteiger partial charge in [-0.2, -0.15) is 0 Å². The van der Waals surface area contributed by atoms with E-state index in [1.54, 1.807) is 7.11 Å². The Bertz CT molecular complexity index is 1570. The molecule has 256 valence electrons. The number of nitrogens with zero attached hydrogens (tertiary/aromatic N) is 1. The lowest BCUT2D eigenvalue weighted by atomic mass is 9.49. The summed E-state index contributed by atoms with van der Waals surface area (Å²) in [6, 6.07) is 13.7. The van der Waals surface area contributed by atoms with Crippen LogP contribution in [0, 0.1) is 28.6 Å². The molecule has 10 rings (SSSR count). The number of carbonyl (C=O) groups is 2. The van der Waals surface area contributed by atoms with Gasteiger partial charge in [0.2, 0.25) is 0 Å². The first-order valence-corrected chi connectivity index (χ1v) is 18.7. The summed E-state index contributed by atoms with van der Waals surface area (Å²) in [6.07, 6.45) is 15.2. The van der Waals surface area contributed by atoms with Gasteiger partial charge in [-0.25, -0.2) is 4.79 Å². The maximum absolute atomic E-state index is 14.4. The first-order valence-electron chi connectivity index (χ1n) is 18.7. The van der Waals surface area contributed by atoms with Crippen molar-refractivity contribution < 1.29 is 24.2 Å². The molecule has 2 aromatic carbocycles. The average Bonchev–Trinajstić information content (AvgIpc) is 3.52. The van der Waals surface area contributed by atoms with Crippen molar-refractivity contribution in [3.8, 4) is 5.75 Å². The lowest BCUT2D eigenvalue weighted by Crippen LogP contribution is -2.52. The van der Waals surface area contributed by atoms with E-state index in [2.05, 4.69) is 37.0 Å². The van der Waals surface area contributed by atoms with E-state index < -0.39 is 11.7 Å². The van der Waals surface area contributed by atoms with Crippen LogP contribution in [0.15, 0.2) is 54.1 Å². The zero-order chi connectivity index (χ0) is 33.3. The average molecular weight is 652 g/mol. The number of rotatable bonds is 5. The second-order valence-corrected chi connectivity index (χ2v) is 17.1. The highest BCUT2D eigenvalue weighted by molar-refractivity contribution is 6.10. The Labute approximate surface area is 286 Å². The zero-order valence-electron chi connectivity index (χ0n) is 29.1. The topological polar surface area (TPSA) is 76.1 Å². The van der Waals surface area contributed by atoms with Gasteiger partial charge in [-0.3, -0.25) is 4.79 Å². The Morgan fingerprint density at radius 1 is 1.00 bits per heavy atom. The molecular weight excluding hydrogens is 598 g/mol. The van der Waals surface area contributed by atoms with Crippen LogP contribution in [0.25, 0.3) is 0 Å². The summed E-state index contributed by atoms with van der Waals surface area (Å²) in [7, 11) is 1.63. The van der Waals surface area contributed by atoms with E-state index in [0.29, 0.717) is 36.3 Å². The SMILES string of the molecule is COc1ccc(C(=O)c2cc3ccc2C2CCC4(CN(CC56CC7CC(CC(C7)C5)C6)C(=O)O4)C2(C)CCC=C(C)CCC(O)C3)cc1. The molecule has 5 saturated carbocycles. The van der Waals surface area contributed by atoms with E-state index in [9.17, 15) is 14.7 Å². The maximum Gasteiger partial charge on any atom is 0.410 e. The van der Waals surface area contributed by atoms with E-state index in [1.165, 1.54) is 44.1 Å². The normalized spacial score (nSPS) is 37.3. The number of amides is 1. The highest BCUT2D eigenvalue weighted by Crippen LogP contribution is 2.64. The molecule has 0 radical (unpaired) electrons. The van der Waals surface area contributed by atoms with Gasteiger partial charge in [-0.15, -0.1) is 0 Å². The summed E-state index contributed by atoms with van der Waals surface area (Å²) >= 11 is 0. The van der Waals surface area contributed by atoms with Gasteiger partial charge in [0.15, 0.2) is 5.78 Å². The molecule has 1 aliphatic heterocycles. The third-order valence-corrected chi connectivity index (χ3v) is 13.9. The van der Waals surface area contributed by atoms with Gasteiger partial charge in [0.1, 0.15) is 11.4 Å². The number of methoxy groups -OCH3 is 1. The molecule has 7 aliphatic carbocycles. The van der Waals surface area contributed by atoms with Crippen LogP contribution in [0.2, 0.25) is 0 Å². The summed E-state index contributed by atoms with van der Waals surface area (Å²) in [5.41, 5.74) is 3.97. The van der Waals surface area contributed by atoms with Crippen molar-refractivity contribution in [3.63, 3.8) is 0 Å². The first-order chi connectivity index (χ1) is 23.1. The molecule has 6 bridgehead atoms. The van der Waals surface area contributed by atoms with Crippen LogP contribution in [0.5, 0.6) is 5.75 Å². The van der Waals surface area contributed by atoms with Gasteiger partial charge in [0.05, 0.1) is 19.8 Å². The monoisotopic (exact) mass is 651 g/mol. The van der Waals surface area contributed by atoms with Crippen molar-refractivity contribution in [1.29, 1.82) is 0 Å². The lowest BCUT2D eigenvalue weighted by molar-refractivity contribution is -0.0641. The Morgan fingerprint density at radius 3 is 2.40 bits per heavy atom. The van der Waals surface area contributed by atoms with Crippen LogP contribution in [-0.4, -0.2) is 53.8 Å². The predicted molar refractivity (Wildman–Crippen MR) is 186 cm³/mol. The van der Waals surface area contributed by atoms with Crippen molar-refractivity contribution in [1.82, 2.24) is 4.90 Å². The van der Waals surface area contributed by atoms with E-state index in [1.807, 2.05) is 30.3 Å². The number of benzene rings is 2. The number of hydrogen-bond acceptors (Lipinski definition) is 5. The standard InChI is InChI=1S/C42H53NO5/c1-27-5-4-15-40(2)37(14-16-42(40)26-43(39(46)48-42)25-41-22-29-17-30(23-41)19-31(18-29)24-41)35-13-7-28(20-33(44)10-6-27)21-36(35)38(45)32-8-11-34(47-3)12-9-32/h5,7-9,11-13,21,29-31,33,37,44H,4,6,10,14-20,22-26H2,1-3H3. The number of ether oxygens (including phenoxy) is 2. The van der Waals surface area contributed by atoms with Crippen molar-refractivity contribution in [3.05, 3.63) is 76.4 Å². The highest BCUT2D eigenvalue weighted by Gasteiger charge is 2.65. The van der Waals surface area contributed by atoms with Crippen LogP contribution >= 0.6 is 0 Å². The third-order valence-electron chi connectivity index (χ3n) is 13.9. The molecule has 4 unspecified atom stereocenters. The molecule has 1 saturated heterocycles. The Balaban J connectivity index is 1.16. The molecule has 48 heavy (non-hydrogen) atoms. The summed E-state index contributed by atoms with van der Waals surface area (Å²) in [5, 5.41) is 11.0. The van der Waals surface area contributed by atoms with E-state index >= 15 is 0 Å². The molecule has 1 heterocycles. The van der Waals surface area contributed by atoms with Crippen molar-refractivity contribution >= 4 is 11.9 Å².